The molecule has 0 N–H and O–H groups in total. The third kappa shape index (κ3) is 1.93. The Labute approximate surface area is 73.8 Å². The van der Waals surface area contributed by atoms with Crippen LogP contribution in [-0.4, -0.2) is 24.4 Å². The molecule has 0 saturated carbocycles. The van der Waals surface area contributed by atoms with Crippen LogP contribution in [0.15, 0.2) is 0 Å². The molecule has 1 rings (SSSR count). The van der Waals surface area contributed by atoms with Gasteiger partial charge in [-0.05, 0) is 24.4 Å². The van der Waals surface area contributed by atoms with Crippen molar-refractivity contribution < 1.29 is 18.3 Å². The Morgan fingerprint density at radius 2 is 2.25 bits per heavy atom. The second-order valence-corrected chi connectivity index (χ2v) is 3.15. The summed E-state index contributed by atoms with van der Waals surface area (Å²) in [4.78, 5) is 10.3. The van der Waals surface area contributed by atoms with Gasteiger partial charge in [-0.3, -0.25) is 4.79 Å². The van der Waals surface area contributed by atoms with Gasteiger partial charge in [0.15, 0.2) is 0 Å². The van der Waals surface area contributed by atoms with Crippen molar-refractivity contribution in [3.05, 3.63) is 0 Å². The lowest BCUT2D eigenvalue weighted by Crippen LogP contribution is -2.39. The van der Waals surface area contributed by atoms with E-state index in [-0.39, 0.29) is 6.61 Å². The third-order valence-electron chi connectivity index (χ3n) is 1.94. The fourth-order valence-corrected chi connectivity index (χ4v) is 1.34. The first kappa shape index (κ1) is 9.86. The van der Waals surface area contributed by atoms with Crippen molar-refractivity contribution in [1.29, 1.82) is 0 Å². The molecule has 0 aromatic rings. The van der Waals surface area contributed by atoms with Crippen LogP contribution in [0, 0.1) is 5.92 Å². The molecule has 0 amide bonds. The normalized spacial score (nSPS) is 25.4. The molecule has 0 radical (unpaired) electrons. The molecule has 1 unspecified atom stereocenters. The Balaban J connectivity index is 2.59. The molecule has 2 nitrogen and oxygen atoms in total. The summed E-state index contributed by atoms with van der Waals surface area (Å²) in [5.41, 5.74) is 0. The van der Waals surface area contributed by atoms with E-state index in [9.17, 15) is 13.6 Å². The smallest absolute Gasteiger partial charge is 0.325 e. The predicted molar refractivity (Wildman–Crippen MR) is 39.4 cm³/mol. The Hall–Kier alpha value is -0.220. The highest BCUT2D eigenvalue weighted by molar-refractivity contribution is 6.65. The maximum absolute atomic E-state index is 12.9. The molecule has 1 heterocycles. The van der Waals surface area contributed by atoms with Crippen LogP contribution in [0.2, 0.25) is 0 Å². The maximum atomic E-state index is 12.9. The summed E-state index contributed by atoms with van der Waals surface area (Å²) in [6, 6.07) is 0. The van der Waals surface area contributed by atoms with Gasteiger partial charge in [0.05, 0.1) is 12.5 Å². The summed E-state index contributed by atoms with van der Waals surface area (Å²) in [5.74, 6) is -4.47. The molecular formula is C7H9ClF2O2. The Kier molecular flexibility index (Phi) is 3.01. The average Bonchev–Trinajstić information content (AvgIpc) is 2.06. The summed E-state index contributed by atoms with van der Waals surface area (Å²) >= 11 is 4.76. The lowest BCUT2D eigenvalue weighted by atomic mass is 9.96. The van der Waals surface area contributed by atoms with E-state index in [0.29, 0.717) is 19.4 Å². The van der Waals surface area contributed by atoms with Gasteiger partial charge in [-0.1, -0.05) is 0 Å². The van der Waals surface area contributed by atoms with E-state index in [2.05, 4.69) is 0 Å². The molecule has 0 aliphatic carbocycles. The third-order valence-corrected chi connectivity index (χ3v) is 2.19. The summed E-state index contributed by atoms with van der Waals surface area (Å²) in [5, 5.41) is -1.59. The minimum Gasteiger partial charge on any atom is -0.381 e. The van der Waals surface area contributed by atoms with Crippen LogP contribution in [-0.2, 0) is 9.53 Å². The number of alkyl halides is 2. The zero-order chi connectivity index (χ0) is 9.19. The first-order chi connectivity index (χ1) is 5.55. The van der Waals surface area contributed by atoms with Gasteiger partial charge in [0.1, 0.15) is 0 Å². The number of carbonyl (C=O) groups excluding carboxylic acids is 1. The average molecular weight is 199 g/mol. The highest BCUT2D eigenvalue weighted by Gasteiger charge is 2.46. The molecule has 0 aromatic carbocycles. The molecule has 1 aliphatic heterocycles. The second-order valence-electron chi connectivity index (χ2n) is 2.81. The van der Waals surface area contributed by atoms with Gasteiger partial charge in [0.25, 0.3) is 5.24 Å². The minimum absolute atomic E-state index is 0.0779. The topological polar surface area (TPSA) is 26.3 Å². The van der Waals surface area contributed by atoms with Gasteiger partial charge in [0, 0.05) is 6.61 Å². The highest BCUT2D eigenvalue weighted by Crippen LogP contribution is 2.32. The highest BCUT2D eigenvalue weighted by atomic mass is 35.5. The summed E-state index contributed by atoms with van der Waals surface area (Å²) in [7, 11) is 0. The fraction of sp³-hybridized carbons (Fsp3) is 0.857. The Bertz CT molecular complexity index is 178. The first-order valence-corrected chi connectivity index (χ1v) is 4.08. The summed E-state index contributed by atoms with van der Waals surface area (Å²) in [6.45, 7) is 0.411. The Morgan fingerprint density at radius 1 is 1.58 bits per heavy atom. The van der Waals surface area contributed by atoms with Crippen molar-refractivity contribution >= 4 is 16.8 Å². The Morgan fingerprint density at radius 3 is 2.67 bits per heavy atom. The monoisotopic (exact) mass is 198 g/mol. The first-order valence-electron chi connectivity index (χ1n) is 3.70. The van der Waals surface area contributed by atoms with Crippen LogP contribution in [0.3, 0.4) is 0 Å². The van der Waals surface area contributed by atoms with Crippen LogP contribution in [0.1, 0.15) is 12.8 Å². The number of ether oxygens (including phenoxy) is 1. The van der Waals surface area contributed by atoms with Gasteiger partial charge in [-0.2, -0.15) is 8.78 Å². The fourth-order valence-electron chi connectivity index (χ4n) is 1.19. The zero-order valence-electron chi connectivity index (χ0n) is 6.36. The maximum Gasteiger partial charge on any atom is 0.325 e. The van der Waals surface area contributed by atoms with Crippen molar-refractivity contribution in [3.63, 3.8) is 0 Å². The largest absolute Gasteiger partial charge is 0.381 e. The number of carbonyl (C=O) groups is 1. The lowest BCUT2D eigenvalue weighted by Gasteiger charge is -2.26. The second kappa shape index (κ2) is 3.66. The van der Waals surface area contributed by atoms with E-state index in [4.69, 9.17) is 16.3 Å². The summed E-state index contributed by atoms with van der Waals surface area (Å²) in [6.07, 6.45) is 0.857. The molecule has 0 spiro atoms. The standard InChI is InChI=1S/C7H9ClF2O2/c8-6(11)7(9,10)5-2-1-3-12-4-5/h5H,1-4H2. The number of hydrogen-bond acceptors (Lipinski definition) is 2. The van der Waals surface area contributed by atoms with Crippen LogP contribution < -0.4 is 0 Å². The van der Waals surface area contributed by atoms with E-state index in [0.717, 1.165) is 0 Å². The molecule has 70 valence electrons. The van der Waals surface area contributed by atoms with E-state index in [1.54, 1.807) is 0 Å². The van der Waals surface area contributed by atoms with E-state index in [1.165, 1.54) is 0 Å². The molecular weight excluding hydrogens is 190 g/mol. The van der Waals surface area contributed by atoms with Gasteiger partial charge < -0.3 is 4.74 Å². The van der Waals surface area contributed by atoms with Gasteiger partial charge in [-0.25, -0.2) is 0 Å². The quantitative estimate of drug-likeness (QED) is 0.633. The number of halogens is 3. The SMILES string of the molecule is O=C(Cl)C(F)(F)C1CCCOC1. The zero-order valence-corrected chi connectivity index (χ0v) is 7.11. The van der Waals surface area contributed by atoms with Crippen molar-refractivity contribution in [2.24, 2.45) is 5.92 Å². The minimum atomic E-state index is -3.43. The van der Waals surface area contributed by atoms with E-state index < -0.39 is 17.1 Å². The molecule has 5 heteroatoms. The number of hydrogen-bond donors (Lipinski definition) is 0. The van der Waals surface area contributed by atoms with Crippen LogP contribution in [0.5, 0.6) is 0 Å². The van der Waals surface area contributed by atoms with E-state index >= 15 is 0 Å². The lowest BCUT2D eigenvalue weighted by molar-refractivity contribution is -0.151. The van der Waals surface area contributed by atoms with Crippen LogP contribution in [0.4, 0.5) is 8.78 Å². The van der Waals surface area contributed by atoms with Gasteiger partial charge in [0.2, 0.25) is 0 Å². The van der Waals surface area contributed by atoms with Crippen LogP contribution in [0.25, 0.3) is 0 Å². The van der Waals surface area contributed by atoms with Crippen molar-refractivity contribution in [2.45, 2.75) is 18.8 Å². The molecule has 1 saturated heterocycles. The summed E-state index contributed by atoms with van der Waals surface area (Å²) < 4.78 is 30.6. The van der Waals surface area contributed by atoms with Crippen molar-refractivity contribution in [2.75, 3.05) is 13.2 Å². The van der Waals surface area contributed by atoms with Gasteiger partial charge in [-0.15, -0.1) is 0 Å². The molecule has 0 bridgehead atoms. The predicted octanol–water partition coefficient (Wildman–Crippen LogP) is 1.81. The van der Waals surface area contributed by atoms with Gasteiger partial charge >= 0.3 is 5.92 Å². The number of rotatable bonds is 2. The van der Waals surface area contributed by atoms with E-state index in [1.807, 2.05) is 0 Å². The molecule has 1 atom stereocenters. The molecule has 0 aromatic heterocycles. The molecule has 1 aliphatic rings. The van der Waals surface area contributed by atoms with Crippen LogP contribution >= 0.6 is 11.6 Å². The van der Waals surface area contributed by atoms with Crippen molar-refractivity contribution in [1.82, 2.24) is 0 Å². The van der Waals surface area contributed by atoms with Crippen molar-refractivity contribution in [3.8, 4) is 0 Å². The molecule has 1 fully saturated rings. The molecule has 12 heavy (non-hydrogen) atoms.